The maximum absolute atomic E-state index is 4.47. The molecule has 6 nitrogen and oxygen atoms in total. The number of thiophene rings is 1. The minimum Gasteiger partial charge on any atom is -0.357 e. The van der Waals surface area contributed by atoms with Crippen LogP contribution in [-0.4, -0.2) is 32.2 Å². The Morgan fingerprint density at radius 1 is 1.39 bits per heavy atom. The number of hydrogen-bond donors (Lipinski definition) is 2. The van der Waals surface area contributed by atoms with Gasteiger partial charge in [0.25, 0.3) is 0 Å². The lowest BCUT2D eigenvalue weighted by Crippen LogP contribution is -1.97. The zero-order valence-corrected chi connectivity index (χ0v) is 11.4. The first kappa shape index (κ1) is 11.4. The third-order valence-electron chi connectivity index (χ3n) is 2.29. The number of aryl methyl sites for hydroxylation is 1. The van der Waals surface area contributed by atoms with E-state index in [4.69, 9.17) is 0 Å². The second-order valence-corrected chi connectivity index (χ2v) is 5.78. The predicted molar refractivity (Wildman–Crippen MR) is 72.2 cm³/mol. The lowest BCUT2D eigenvalue weighted by atomic mass is 10.4. The number of fused-ring (bicyclic) bond motifs is 1. The van der Waals surface area contributed by atoms with Gasteiger partial charge in [-0.25, -0.2) is 15.0 Å². The normalized spacial score (nSPS) is 11.0. The molecule has 0 atom stereocenters. The van der Waals surface area contributed by atoms with Crippen LogP contribution < -0.4 is 5.32 Å². The lowest BCUT2D eigenvalue weighted by Gasteiger charge is -2.02. The first-order chi connectivity index (χ1) is 8.76. The smallest absolute Gasteiger partial charge is 0.224 e. The van der Waals surface area contributed by atoms with Gasteiger partial charge in [0.2, 0.25) is 5.95 Å². The Kier molecular flexibility index (Phi) is 2.88. The predicted octanol–water partition coefficient (Wildman–Crippen LogP) is 2.31. The summed E-state index contributed by atoms with van der Waals surface area (Å²) in [5.41, 5.74) is 0. The first-order valence-corrected chi connectivity index (χ1v) is 6.88. The monoisotopic (exact) mass is 278 g/mol. The van der Waals surface area contributed by atoms with Gasteiger partial charge in [-0.2, -0.15) is 5.10 Å². The van der Waals surface area contributed by atoms with E-state index >= 15 is 0 Å². The van der Waals surface area contributed by atoms with Crippen LogP contribution in [0.4, 0.5) is 5.95 Å². The van der Waals surface area contributed by atoms with E-state index in [9.17, 15) is 0 Å². The van der Waals surface area contributed by atoms with Crippen molar-refractivity contribution in [1.82, 2.24) is 25.1 Å². The standard InChI is InChI=1S/C10H10N6S2/c1-5-3-6-7(17-5)14-9(11-2)15-8(6)18-10-12-4-13-16-10/h3-4H,1-2H3,(H,11,14,15)(H,12,13,16). The summed E-state index contributed by atoms with van der Waals surface area (Å²) in [5.74, 6) is 0.617. The summed E-state index contributed by atoms with van der Waals surface area (Å²) in [6.07, 6.45) is 1.48. The average molecular weight is 278 g/mol. The number of nitrogens with zero attached hydrogens (tertiary/aromatic N) is 4. The molecule has 3 rings (SSSR count). The van der Waals surface area contributed by atoms with Gasteiger partial charge in [0, 0.05) is 17.3 Å². The van der Waals surface area contributed by atoms with Crippen molar-refractivity contribution < 1.29 is 0 Å². The Bertz CT molecular complexity index is 675. The molecule has 0 aliphatic rings. The summed E-state index contributed by atoms with van der Waals surface area (Å²) in [7, 11) is 1.81. The van der Waals surface area contributed by atoms with E-state index in [1.807, 2.05) is 7.05 Å². The van der Waals surface area contributed by atoms with Gasteiger partial charge in [-0.05, 0) is 24.8 Å². The Hall–Kier alpha value is -1.67. The van der Waals surface area contributed by atoms with E-state index < -0.39 is 0 Å². The van der Waals surface area contributed by atoms with Gasteiger partial charge in [0.05, 0.1) is 0 Å². The number of nitrogens with one attached hydrogen (secondary N) is 2. The summed E-state index contributed by atoms with van der Waals surface area (Å²) in [5, 5.41) is 12.3. The van der Waals surface area contributed by atoms with Gasteiger partial charge in [-0.3, -0.25) is 5.10 Å². The fourth-order valence-corrected chi connectivity index (χ4v) is 3.26. The van der Waals surface area contributed by atoms with Gasteiger partial charge in [0.15, 0.2) is 5.16 Å². The summed E-state index contributed by atoms with van der Waals surface area (Å²) in [6, 6.07) is 2.10. The highest BCUT2D eigenvalue weighted by molar-refractivity contribution is 7.99. The molecule has 0 saturated carbocycles. The van der Waals surface area contributed by atoms with Gasteiger partial charge < -0.3 is 5.32 Å². The second kappa shape index (κ2) is 4.54. The molecule has 0 amide bonds. The van der Waals surface area contributed by atoms with Crippen LogP contribution in [-0.2, 0) is 0 Å². The third kappa shape index (κ3) is 2.04. The van der Waals surface area contributed by atoms with Crippen molar-refractivity contribution in [2.24, 2.45) is 0 Å². The third-order valence-corrected chi connectivity index (χ3v) is 4.13. The van der Waals surface area contributed by atoms with Crippen molar-refractivity contribution in [2.45, 2.75) is 17.1 Å². The molecule has 0 saturated heterocycles. The average Bonchev–Trinajstić information content (AvgIpc) is 2.97. The van der Waals surface area contributed by atoms with Gasteiger partial charge in [-0.15, -0.1) is 11.3 Å². The zero-order chi connectivity index (χ0) is 12.5. The van der Waals surface area contributed by atoms with Crippen molar-refractivity contribution in [3.63, 3.8) is 0 Å². The minimum absolute atomic E-state index is 0.617. The van der Waals surface area contributed by atoms with E-state index in [1.54, 1.807) is 11.3 Å². The fourth-order valence-electron chi connectivity index (χ4n) is 1.54. The minimum atomic E-state index is 0.617. The number of rotatable bonds is 3. The molecule has 0 fully saturated rings. The Morgan fingerprint density at radius 3 is 3.00 bits per heavy atom. The summed E-state index contributed by atoms with van der Waals surface area (Å²) < 4.78 is 0. The molecule has 8 heteroatoms. The Morgan fingerprint density at radius 2 is 2.28 bits per heavy atom. The second-order valence-electron chi connectivity index (χ2n) is 3.57. The lowest BCUT2D eigenvalue weighted by molar-refractivity contribution is 0.968. The molecular formula is C10H10N6S2. The van der Waals surface area contributed by atoms with Crippen molar-refractivity contribution >= 4 is 39.3 Å². The maximum Gasteiger partial charge on any atom is 0.224 e. The fraction of sp³-hybridized carbons (Fsp3) is 0.200. The number of aromatic nitrogens is 5. The van der Waals surface area contributed by atoms with Gasteiger partial charge in [-0.1, -0.05) is 0 Å². The van der Waals surface area contributed by atoms with Crippen LogP contribution in [0.1, 0.15) is 4.88 Å². The van der Waals surface area contributed by atoms with Crippen molar-refractivity contribution in [3.8, 4) is 0 Å². The molecule has 3 aromatic heterocycles. The molecule has 0 aromatic carbocycles. The van der Waals surface area contributed by atoms with Crippen LogP contribution in [0.2, 0.25) is 0 Å². The quantitative estimate of drug-likeness (QED) is 0.716. The highest BCUT2D eigenvalue weighted by atomic mass is 32.2. The molecular weight excluding hydrogens is 268 g/mol. The number of aromatic amines is 1. The van der Waals surface area contributed by atoms with Crippen molar-refractivity contribution in [3.05, 3.63) is 17.3 Å². The molecule has 2 N–H and O–H groups in total. The molecule has 0 bridgehead atoms. The summed E-state index contributed by atoms with van der Waals surface area (Å²) in [4.78, 5) is 15.2. The van der Waals surface area contributed by atoms with E-state index in [1.165, 1.54) is 23.0 Å². The zero-order valence-electron chi connectivity index (χ0n) is 9.76. The highest BCUT2D eigenvalue weighted by Crippen LogP contribution is 2.34. The SMILES string of the molecule is CNc1nc(Sc2ncn[nH]2)c2cc(C)sc2n1. The van der Waals surface area contributed by atoms with Crippen molar-refractivity contribution in [2.75, 3.05) is 12.4 Å². The summed E-state index contributed by atoms with van der Waals surface area (Å²) >= 11 is 3.11. The highest BCUT2D eigenvalue weighted by Gasteiger charge is 2.12. The molecule has 0 radical (unpaired) electrons. The van der Waals surface area contributed by atoms with Crippen LogP contribution >= 0.6 is 23.1 Å². The number of H-pyrrole nitrogens is 1. The van der Waals surface area contributed by atoms with E-state index in [-0.39, 0.29) is 0 Å². The van der Waals surface area contributed by atoms with Crippen LogP contribution in [0.5, 0.6) is 0 Å². The molecule has 0 spiro atoms. The molecule has 3 aromatic rings. The van der Waals surface area contributed by atoms with Crippen LogP contribution in [0, 0.1) is 6.92 Å². The van der Waals surface area contributed by atoms with Gasteiger partial charge in [0.1, 0.15) is 16.2 Å². The van der Waals surface area contributed by atoms with E-state index in [2.05, 4.69) is 43.5 Å². The maximum atomic E-state index is 4.47. The first-order valence-electron chi connectivity index (χ1n) is 5.25. The van der Waals surface area contributed by atoms with Crippen molar-refractivity contribution in [1.29, 1.82) is 0 Å². The largest absolute Gasteiger partial charge is 0.357 e. The molecule has 0 unspecified atom stereocenters. The van der Waals surface area contributed by atoms with Crippen LogP contribution in [0.25, 0.3) is 10.2 Å². The summed E-state index contributed by atoms with van der Waals surface area (Å²) in [6.45, 7) is 2.06. The van der Waals surface area contributed by atoms with Crippen LogP contribution in [0.3, 0.4) is 0 Å². The number of anilines is 1. The van der Waals surface area contributed by atoms with E-state index in [0.717, 1.165) is 20.4 Å². The molecule has 18 heavy (non-hydrogen) atoms. The molecule has 92 valence electrons. The molecule has 0 aliphatic heterocycles. The molecule has 0 aliphatic carbocycles. The van der Waals surface area contributed by atoms with Crippen LogP contribution in [0.15, 0.2) is 22.6 Å². The van der Waals surface area contributed by atoms with Gasteiger partial charge >= 0.3 is 0 Å². The Labute approximate surface area is 111 Å². The Balaban J connectivity index is 2.13. The number of hydrogen-bond acceptors (Lipinski definition) is 7. The molecule has 3 heterocycles. The van der Waals surface area contributed by atoms with E-state index in [0.29, 0.717) is 5.95 Å². The topological polar surface area (TPSA) is 79.4 Å².